The summed E-state index contributed by atoms with van der Waals surface area (Å²) in [4.78, 5) is 26.5. The molecule has 184 valence electrons. The predicted octanol–water partition coefficient (Wildman–Crippen LogP) is 7.65. The van der Waals surface area contributed by atoms with E-state index < -0.39 is 0 Å². The van der Waals surface area contributed by atoms with E-state index in [0.29, 0.717) is 58.8 Å². The maximum Gasteiger partial charge on any atom is 0.194 e. The minimum absolute atomic E-state index is 0.131. The van der Waals surface area contributed by atoms with Crippen LogP contribution in [0.5, 0.6) is 11.5 Å². The van der Waals surface area contributed by atoms with Gasteiger partial charge >= 0.3 is 0 Å². The van der Waals surface area contributed by atoms with Gasteiger partial charge < -0.3 is 9.47 Å². The van der Waals surface area contributed by atoms with Gasteiger partial charge in [0, 0.05) is 22.3 Å². The quantitative estimate of drug-likeness (QED) is 0.246. The molecule has 0 fully saturated rings. The van der Waals surface area contributed by atoms with Crippen molar-refractivity contribution in [2.75, 3.05) is 13.2 Å². The third-order valence-corrected chi connectivity index (χ3v) is 7.02. The molecule has 2 unspecified atom stereocenters. The fourth-order valence-corrected chi connectivity index (χ4v) is 4.51. The number of carbonyl (C=O) groups is 2. The van der Waals surface area contributed by atoms with Crippen molar-refractivity contribution in [3.8, 4) is 11.5 Å². The molecule has 0 saturated heterocycles. The van der Waals surface area contributed by atoms with Crippen molar-refractivity contribution in [3.05, 3.63) is 58.7 Å². The Labute approximate surface area is 205 Å². The summed E-state index contributed by atoms with van der Waals surface area (Å²) in [6.45, 7) is 10.0. The summed E-state index contributed by atoms with van der Waals surface area (Å²) in [6.07, 6.45) is 9.16. The molecule has 0 spiro atoms. The molecule has 34 heavy (non-hydrogen) atoms. The summed E-state index contributed by atoms with van der Waals surface area (Å²) in [7, 11) is 0. The zero-order chi connectivity index (χ0) is 24.5. The maximum atomic E-state index is 13.2. The van der Waals surface area contributed by atoms with Gasteiger partial charge in [-0.1, -0.05) is 66.2 Å². The number of hydrogen-bond donors (Lipinski definition) is 0. The molecule has 0 bridgehead atoms. The van der Waals surface area contributed by atoms with Crippen molar-refractivity contribution in [2.24, 2.45) is 11.8 Å². The van der Waals surface area contributed by atoms with Crippen LogP contribution >= 0.6 is 0 Å². The van der Waals surface area contributed by atoms with Gasteiger partial charge in [0.05, 0.1) is 13.2 Å². The third kappa shape index (κ3) is 6.28. The van der Waals surface area contributed by atoms with Gasteiger partial charge in [-0.05, 0) is 61.1 Å². The smallest absolute Gasteiger partial charge is 0.194 e. The molecule has 0 aliphatic heterocycles. The van der Waals surface area contributed by atoms with Crippen LogP contribution in [-0.2, 0) is 0 Å². The van der Waals surface area contributed by atoms with Crippen molar-refractivity contribution < 1.29 is 19.1 Å². The van der Waals surface area contributed by atoms with E-state index in [-0.39, 0.29) is 11.6 Å². The molecule has 0 aromatic heterocycles. The average molecular weight is 465 g/mol. The van der Waals surface area contributed by atoms with E-state index in [9.17, 15) is 9.59 Å². The summed E-state index contributed by atoms with van der Waals surface area (Å²) in [5, 5.41) is 0. The van der Waals surface area contributed by atoms with Gasteiger partial charge in [0.2, 0.25) is 0 Å². The van der Waals surface area contributed by atoms with E-state index in [4.69, 9.17) is 9.47 Å². The summed E-state index contributed by atoms with van der Waals surface area (Å²) in [6, 6.07) is 10.5. The summed E-state index contributed by atoms with van der Waals surface area (Å²) >= 11 is 0. The van der Waals surface area contributed by atoms with Gasteiger partial charge in [-0.2, -0.15) is 0 Å². The molecule has 1 aliphatic carbocycles. The second-order valence-electron chi connectivity index (χ2n) is 9.53. The van der Waals surface area contributed by atoms with E-state index in [1.807, 2.05) is 12.1 Å². The largest absolute Gasteiger partial charge is 0.493 e. The van der Waals surface area contributed by atoms with Gasteiger partial charge in [0.25, 0.3) is 0 Å². The van der Waals surface area contributed by atoms with Crippen LogP contribution in [0.1, 0.15) is 111 Å². The Hall–Kier alpha value is -2.62. The van der Waals surface area contributed by atoms with Gasteiger partial charge in [0.15, 0.2) is 11.6 Å². The fourth-order valence-electron chi connectivity index (χ4n) is 4.51. The Morgan fingerprint density at radius 2 is 1.03 bits per heavy atom. The number of carbonyl (C=O) groups excluding carboxylic acids is 2. The first-order valence-electron chi connectivity index (χ1n) is 13.1. The molecule has 0 N–H and O–H groups in total. The Morgan fingerprint density at radius 3 is 1.38 bits per heavy atom. The Bertz CT molecular complexity index is 898. The van der Waals surface area contributed by atoms with Crippen LogP contribution in [0.4, 0.5) is 0 Å². The van der Waals surface area contributed by atoms with Crippen molar-refractivity contribution >= 4 is 11.6 Å². The lowest BCUT2D eigenvalue weighted by Crippen LogP contribution is -2.21. The molecule has 3 rings (SSSR count). The zero-order valence-electron chi connectivity index (χ0n) is 21.3. The van der Waals surface area contributed by atoms with Crippen LogP contribution in [0.25, 0.3) is 0 Å². The van der Waals surface area contributed by atoms with Crippen molar-refractivity contribution in [1.29, 1.82) is 0 Å². The highest BCUT2D eigenvalue weighted by Crippen LogP contribution is 2.32. The minimum atomic E-state index is -0.131. The maximum absolute atomic E-state index is 13.2. The Morgan fingerprint density at radius 1 is 0.618 bits per heavy atom. The van der Waals surface area contributed by atoms with Crippen molar-refractivity contribution in [1.82, 2.24) is 0 Å². The number of hydrogen-bond acceptors (Lipinski definition) is 4. The number of ether oxygens (including phenoxy) is 2. The minimum Gasteiger partial charge on any atom is -0.493 e. The first-order valence-corrected chi connectivity index (χ1v) is 13.1. The van der Waals surface area contributed by atoms with Crippen LogP contribution in [0, 0.1) is 11.8 Å². The molecule has 0 heterocycles. The number of rotatable bonds is 14. The lowest BCUT2D eigenvalue weighted by molar-refractivity contribution is 0.0978. The summed E-state index contributed by atoms with van der Waals surface area (Å²) < 4.78 is 12.0. The molecule has 0 amide bonds. The first-order chi connectivity index (χ1) is 16.5. The molecule has 2 aromatic rings. The van der Waals surface area contributed by atoms with Gasteiger partial charge in [0.1, 0.15) is 11.5 Å². The molecule has 1 aliphatic rings. The van der Waals surface area contributed by atoms with Crippen molar-refractivity contribution in [2.45, 2.75) is 79.1 Å². The molecule has 4 heteroatoms. The molecule has 2 aromatic carbocycles. The molecule has 0 radical (unpaired) electrons. The topological polar surface area (TPSA) is 52.6 Å². The molecular weight excluding hydrogens is 424 g/mol. The van der Waals surface area contributed by atoms with Crippen LogP contribution in [0.15, 0.2) is 36.4 Å². The van der Waals surface area contributed by atoms with E-state index >= 15 is 0 Å². The van der Waals surface area contributed by atoms with E-state index in [1.54, 1.807) is 24.3 Å². The second-order valence-corrected chi connectivity index (χ2v) is 9.53. The number of ketones is 2. The standard InChI is InChI=1S/C30H40O4/c1-5-9-11-21(7-3)19-33-23-13-15-25-27(17-23)29(31)26-16-14-24(18-28(26)30(25)32)34-20-22(8-4)12-10-6-2/h13-18,21-22H,5-12,19-20H2,1-4H3. The number of fused-ring (bicyclic) bond motifs is 2. The summed E-state index contributed by atoms with van der Waals surface area (Å²) in [5.41, 5.74) is 1.73. The lowest BCUT2D eigenvalue weighted by Gasteiger charge is -2.21. The van der Waals surface area contributed by atoms with Crippen LogP contribution in [-0.4, -0.2) is 24.8 Å². The van der Waals surface area contributed by atoms with Gasteiger partial charge in [-0.25, -0.2) is 0 Å². The molecule has 4 nitrogen and oxygen atoms in total. The number of unbranched alkanes of at least 4 members (excludes halogenated alkanes) is 2. The van der Waals surface area contributed by atoms with Crippen molar-refractivity contribution in [3.63, 3.8) is 0 Å². The Balaban J connectivity index is 1.72. The van der Waals surface area contributed by atoms with Crippen LogP contribution in [0.3, 0.4) is 0 Å². The fraction of sp³-hybridized carbons (Fsp3) is 0.533. The molecular formula is C30H40O4. The highest BCUT2D eigenvalue weighted by molar-refractivity contribution is 6.28. The highest BCUT2D eigenvalue weighted by Gasteiger charge is 2.30. The zero-order valence-corrected chi connectivity index (χ0v) is 21.3. The van der Waals surface area contributed by atoms with Crippen LogP contribution in [0.2, 0.25) is 0 Å². The SMILES string of the molecule is CCCCC(CC)COc1ccc2c(c1)C(=O)c1ccc(OCC(CC)CCCC)cc1C2=O. The van der Waals surface area contributed by atoms with Gasteiger partial charge in [-0.3, -0.25) is 9.59 Å². The summed E-state index contributed by atoms with van der Waals surface area (Å²) in [5.74, 6) is 2.04. The third-order valence-electron chi connectivity index (χ3n) is 7.02. The lowest BCUT2D eigenvalue weighted by atomic mass is 9.84. The normalized spacial score (nSPS) is 14.4. The monoisotopic (exact) mass is 464 g/mol. The number of benzene rings is 2. The molecule has 0 saturated carbocycles. The second kappa shape index (κ2) is 12.7. The first kappa shape index (κ1) is 26.0. The van der Waals surface area contributed by atoms with E-state index in [0.717, 1.165) is 25.7 Å². The van der Waals surface area contributed by atoms with Gasteiger partial charge in [-0.15, -0.1) is 0 Å². The predicted molar refractivity (Wildman–Crippen MR) is 137 cm³/mol. The highest BCUT2D eigenvalue weighted by atomic mass is 16.5. The Kier molecular flexibility index (Phi) is 9.74. The van der Waals surface area contributed by atoms with E-state index in [1.165, 1.54) is 25.7 Å². The average Bonchev–Trinajstić information content (AvgIpc) is 2.87. The molecule has 2 atom stereocenters. The van der Waals surface area contributed by atoms with E-state index in [2.05, 4.69) is 27.7 Å². The van der Waals surface area contributed by atoms with Crippen LogP contribution < -0.4 is 9.47 Å².